The molecule has 1 aromatic rings. The van der Waals surface area contributed by atoms with Crippen molar-refractivity contribution < 1.29 is 4.74 Å². The molecule has 0 aromatic heterocycles. The first-order chi connectivity index (χ1) is 7.72. The number of methoxy groups -OCH3 is 1. The summed E-state index contributed by atoms with van der Waals surface area (Å²) in [5.41, 5.74) is 7.98. The fraction of sp³-hybridized carbons (Fsp3) is 0.308. The minimum absolute atomic E-state index is 0.545. The van der Waals surface area contributed by atoms with Gasteiger partial charge in [0.15, 0.2) is 0 Å². The standard InChI is InChI=1S/C13H16N2O/c1-3-5-11(9-14)13(15)10-6-4-7-12(8-10)16-2/h4,6-8H,3,5,15H2,1-2H3/b13-11-. The van der Waals surface area contributed by atoms with Crippen molar-refractivity contribution in [2.24, 2.45) is 5.73 Å². The maximum atomic E-state index is 9.00. The van der Waals surface area contributed by atoms with Crippen LogP contribution in [0.4, 0.5) is 0 Å². The molecule has 0 amide bonds. The van der Waals surface area contributed by atoms with E-state index in [1.54, 1.807) is 7.11 Å². The minimum atomic E-state index is 0.545. The molecule has 0 atom stereocenters. The van der Waals surface area contributed by atoms with Gasteiger partial charge in [-0.05, 0) is 18.6 Å². The van der Waals surface area contributed by atoms with Crippen LogP contribution >= 0.6 is 0 Å². The summed E-state index contributed by atoms with van der Waals surface area (Å²) >= 11 is 0. The Morgan fingerprint density at radius 3 is 2.81 bits per heavy atom. The number of rotatable bonds is 4. The van der Waals surface area contributed by atoms with Crippen molar-refractivity contribution in [1.82, 2.24) is 0 Å². The molecule has 0 saturated carbocycles. The lowest BCUT2D eigenvalue weighted by atomic mass is 10.0. The summed E-state index contributed by atoms with van der Waals surface area (Å²) in [6, 6.07) is 9.58. The largest absolute Gasteiger partial charge is 0.497 e. The maximum absolute atomic E-state index is 9.00. The van der Waals surface area contributed by atoms with Crippen LogP contribution < -0.4 is 10.5 Å². The van der Waals surface area contributed by atoms with E-state index in [1.807, 2.05) is 31.2 Å². The molecular weight excluding hydrogens is 200 g/mol. The molecule has 2 N–H and O–H groups in total. The van der Waals surface area contributed by atoms with E-state index in [0.29, 0.717) is 17.7 Å². The quantitative estimate of drug-likeness (QED) is 0.787. The molecule has 84 valence electrons. The average Bonchev–Trinajstić information content (AvgIpc) is 2.35. The number of benzene rings is 1. The summed E-state index contributed by atoms with van der Waals surface area (Å²) < 4.78 is 5.12. The van der Waals surface area contributed by atoms with E-state index in [4.69, 9.17) is 15.7 Å². The van der Waals surface area contributed by atoms with Crippen LogP contribution in [0.25, 0.3) is 5.70 Å². The van der Waals surface area contributed by atoms with E-state index in [-0.39, 0.29) is 0 Å². The van der Waals surface area contributed by atoms with E-state index >= 15 is 0 Å². The zero-order chi connectivity index (χ0) is 12.0. The van der Waals surface area contributed by atoms with Gasteiger partial charge < -0.3 is 10.5 Å². The van der Waals surface area contributed by atoms with Crippen molar-refractivity contribution in [2.75, 3.05) is 7.11 Å². The fourth-order valence-corrected chi connectivity index (χ4v) is 1.47. The highest BCUT2D eigenvalue weighted by Gasteiger charge is 2.05. The highest BCUT2D eigenvalue weighted by molar-refractivity contribution is 5.69. The number of ether oxygens (including phenoxy) is 1. The predicted molar refractivity (Wildman–Crippen MR) is 64.6 cm³/mol. The molecule has 0 fully saturated rings. The molecule has 0 aliphatic rings. The van der Waals surface area contributed by atoms with Gasteiger partial charge in [-0.15, -0.1) is 0 Å². The minimum Gasteiger partial charge on any atom is -0.497 e. The lowest BCUT2D eigenvalue weighted by Crippen LogP contribution is -2.01. The van der Waals surface area contributed by atoms with Crippen LogP contribution in [-0.2, 0) is 0 Å². The molecule has 0 aliphatic carbocycles. The Morgan fingerprint density at radius 1 is 1.50 bits per heavy atom. The Hall–Kier alpha value is -1.95. The molecule has 1 aromatic carbocycles. The van der Waals surface area contributed by atoms with Crippen LogP contribution in [0.2, 0.25) is 0 Å². The van der Waals surface area contributed by atoms with Crippen LogP contribution in [0.15, 0.2) is 29.8 Å². The van der Waals surface area contributed by atoms with E-state index in [0.717, 1.165) is 17.7 Å². The normalized spacial score (nSPS) is 11.6. The first-order valence-electron chi connectivity index (χ1n) is 5.26. The van der Waals surface area contributed by atoms with E-state index in [2.05, 4.69) is 6.07 Å². The molecule has 0 unspecified atom stereocenters. The van der Waals surface area contributed by atoms with E-state index in [1.165, 1.54) is 0 Å². The SMILES string of the molecule is CCC/C(C#N)=C(/N)c1cccc(OC)c1. The Bertz CT molecular complexity index is 430. The number of hydrogen-bond acceptors (Lipinski definition) is 3. The number of nitriles is 1. The lowest BCUT2D eigenvalue weighted by molar-refractivity contribution is 0.414. The van der Waals surface area contributed by atoms with Gasteiger partial charge in [0.05, 0.1) is 24.4 Å². The summed E-state index contributed by atoms with van der Waals surface area (Å²) in [5, 5.41) is 9.00. The topological polar surface area (TPSA) is 59.0 Å². The Kier molecular flexibility index (Phi) is 4.41. The Balaban J connectivity index is 3.11. The highest BCUT2D eigenvalue weighted by atomic mass is 16.5. The van der Waals surface area contributed by atoms with Gasteiger partial charge in [0.1, 0.15) is 5.75 Å². The van der Waals surface area contributed by atoms with Gasteiger partial charge in [-0.3, -0.25) is 0 Å². The molecule has 1 rings (SSSR count). The van der Waals surface area contributed by atoms with Gasteiger partial charge >= 0.3 is 0 Å². The lowest BCUT2D eigenvalue weighted by Gasteiger charge is -2.07. The van der Waals surface area contributed by atoms with Crippen molar-refractivity contribution in [1.29, 1.82) is 5.26 Å². The Morgan fingerprint density at radius 2 is 2.25 bits per heavy atom. The van der Waals surface area contributed by atoms with Crippen molar-refractivity contribution in [3.05, 3.63) is 35.4 Å². The van der Waals surface area contributed by atoms with Crippen LogP contribution in [-0.4, -0.2) is 7.11 Å². The third kappa shape index (κ3) is 2.77. The van der Waals surface area contributed by atoms with Gasteiger partial charge in [0.25, 0.3) is 0 Å². The van der Waals surface area contributed by atoms with Gasteiger partial charge in [-0.1, -0.05) is 25.5 Å². The van der Waals surface area contributed by atoms with Crippen LogP contribution in [0.3, 0.4) is 0 Å². The summed E-state index contributed by atoms with van der Waals surface area (Å²) in [7, 11) is 1.61. The van der Waals surface area contributed by atoms with Crippen LogP contribution in [0, 0.1) is 11.3 Å². The van der Waals surface area contributed by atoms with Gasteiger partial charge in [-0.25, -0.2) is 0 Å². The average molecular weight is 216 g/mol. The van der Waals surface area contributed by atoms with Crippen molar-refractivity contribution in [3.63, 3.8) is 0 Å². The monoisotopic (exact) mass is 216 g/mol. The molecule has 0 heterocycles. The molecule has 0 radical (unpaired) electrons. The number of allylic oxidation sites excluding steroid dienone is 1. The third-order valence-corrected chi connectivity index (χ3v) is 2.34. The molecular formula is C13H16N2O. The van der Waals surface area contributed by atoms with Crippen molar-refractivity contribution >= 4 is 5.70 Å². The second-order valence-electron chi connectivity index (χ2n) is 3.49. The summed E-state index contributed by atoms with van der Waals surface area (Å²) in [5.74, 6) is 0.745. The molecule has 0 spiro atoms. The first kappa shape index (κ1) is 12.1. The number of hydrogen-bond donors (Lipinski definition) is 1. The summed E-state index contributed by atoms with van der Waals surface area (Å²) in [6.45, 7) is 2.02. The molecule has 3 nitrogen and oxygen atoms in total. The fourth-order valence-electron chi connectivity index (χ4n) is 1.47. The van der Waals surface area contributed by atoms with Crippen molar-refractivity contribution in [3.8, 4) is 11.8 Å². The molecule has 0 saturated heterocycles. The Labute approximate surface area is 96.1 Å². The number of nitrogens with two attached hydrogens (primary N) is 1. The van der Waals surface area contributed by atoms with Crippen LogP contribution in [0.5, 0.6) is 5.75 Å². The first-order valence-corrected chi connectivity index (χ1v) is 5.26. The summed E-state index contributed by atoms with van der Waals surface area (Å²) in [6.07, 6.45) is 1.62. The zero-order valence-corrected chi connectivity index (χ0v) is 9.66. The van der Waals surface area contributed by atoms with E-state index < -0.39 is 0 Å². The summed E-state index contributed by atoms with van der Waals surface area (Å²) in [4.78, 5) is 0. The molecule has 16 heavy (non-hydrogen) atoms. The maximum Gasteiger partial charge on any atom is 0.119 e. The zero-order valence-electron chi connectivity index (χ0n) is 9.66. The molecule has 0 bridgehead atoms. The van der Waals surface area contributed by atoms with Gasteiger partial charge in [-0.2, -0.15) is 5.26 Å². The van der Waals surface area contributed by atoms with Crippen molar-refractivity contribution in [2.45, 2.75) is 19.8 Å². The van der Waals surface area contributed by atoms with Gasteiger partial charge in [0, 0.05) is 5.56 Å². The highest BCUT2D eigenvalue weighted by Crippen LogP contribution is 2.20. The van der Waals surface area contributed by atoms with E-state index in [9.17, 15) is 0 Å². The smallest absolute Gasteiger partial charge is 0.119 e. The predicted octanol–water partition coefficient (Wildman–Crippen LogP) is 2.69. The van der Waals surface area contributed by atoms with Gasteiger partial charge in [0.2, 0.25) is 0 Å². The second kappa shape index (κ2) is 5.82. The van der Waals surface area contributed by atoms with Crippen LogP contribution in [0.1, 0.15) is 25.3 Å². The molecule has 3 heteroatoms. The molecule has 0 aliphatic heterocycles. The second-order valence-corrected chi connectivity index (χ2v) is 3.49. The number of nitrogens with zero attached hydrogens (tertiary/aromatic N) is 1. The third-order valence-electron chi connectivity index (χ3n) is 2.34.